The fourth-order valence-corrected chi connectivity index (χ4v) is 3.87. The number of carbonyl (C=O) groups excluding carboxylic acids is 1. The highest BCUT2D eigenvalue weighted by Crippen LogP contribution is 2.30. The number of hydrogen-bond acceptors (Lipinski definition) is 7. The number of nitrogens with zero attached hydrogens (tertiary/aromatic N) is 8. The summed E-state index contributed by atoms with van der Waals surface area (Å²) in [6, 6.07) is 1.85. The maximum absolute atomic E-state index is 13.6. The van der Waals surface area contributed by atoms with Crippen molar-refractivity contribution in [1.29, 1.82) is 0 Å². The van der Waals surface area contributed by atoms with E-state index in [-0.39, 0.29) is 5.91 Å². The van der Waals surface area contributed by atoms with E-state index in [0.29, 0.717) is 46.8 Å². The number of aryl methyl sites for hydroxylation is 4. The van der Waals surface area contributed by atoms with Gasteiger partial charge in [0.05, 0.1) is 35.1 Å². The van der Waals surface area contributed by atoms with Crippen LogP contribution < -0.4 is 0 Å². The van der Waals surface area contributed by atoms with E-state index in [1.807, 2.05) is 45.5 Å². The summed E-state index contributed by atoms with van der Waals surface area (Å²) in [5.74, 6) is -0.121. The van der Waals surface area contributed by atoms with Gasteiger partial charge in [-0.15, -0.1) is 0 Å². The molecule has 162 valence electrons. The van der Waals surface area contributed by atoms with Crippen LogP contribution in [0.2, 0.25) is 0 Å². The van der Waals surface area contributed by atoms with Gasteiger partial charge in [-0.05, 0) is 40.7 Å². The molecule has 0 aliphatic heterocycles. The zero-order valence-electron chi connectivity index (χ0n) is 18.7. The molecule has 0 aliphatic rings. The fourth-order valence-electron chi connectivity index (χ4n) is 3.87. The van der Waals surface area contributed by atoms with Crippen molar-refractivity contribution in [2.24, 2.45) is 7.05 Å². The molecule has 0 radical (unpaired) electrons. The lowest BCUT2D eigenvalue weighted by Gasteiger charge is -2.20. The third-order valence-electron chi connectivity index (χ3n) is 5.63. The smallest absolute Gasteiger partial charge is 0.255 e. The Bertz CT molecular complexity index is 1270. The third kappa shape index (κ3) is 3.47. The van der Waals surface area contributed by atoms with Crippen molar-refractivity contribution >= 4 is 16.9 Å². The third-order valence-corrected chi connectivity index (χ3v) is 5.63. The highest BCUT2D eigenvalue weighted by Gasteiger charge is 2.24. The van der Waals surface area contributed by atoms with Crippen LogP contribution in [0, 0.1) is 20.8 Å². The van der Waals surface area contributed by atoms with Crippen LogP contribution in [-0.2, 0) is 20.1 Å². The molecule has 0 saturated heterocycles. The SMILES string of the molecule is CCN(Cc1nonc1C)C(=O)c1cc(-c2c(C)nn(CC)c2C)nc2c1cnn2C. The van der Waals surface area contributed by atoms with Crippen LogP contribution in [0.25, 0.3) is 22.3 Å². The van der Waals surface area contributed by atoms with E-state index >= 15 is 0 Å². The molecule has 0 aliphatic carbocycles. The molecule has 0 fully saturated rings. The van der Waals surface area contributed by atoms with E-state index < -0.39 is 0 Å². The van der Waals surface area contributed by atoms with Crippen molar-refractivity contribution in [3.05, 3.63) is 40.6 Å². The first kappa shape index (κ1) is 20.7. The monoisotopic (exact) mass is 422 g/mol. The lowest BCUT2D eigenvalue weighted by molar-refractivity contribution is 0.0750. The summed E-state index contributed by atoms with van der Waals surface area (Å²) in [7, 11) is 1.82. The summed E-state index contributed by atoms with van der Waals surface area (Å²) in [4.78, 5) is 20.2. The molecule has 0 N–H and O–H groups in total. The topological polar surface area (TPSA) is 108 Å². The average molecular weight is 422 g/mol. The Hall–Kier alpha value is -3.56. The molecule has 1 amide bonds. The van der Waals surface area contributed by atoms with Gasteiger partial charge < -0.3 is 4.90 Å². The number of fused-ring (bicyclic) bond motifs is 1. The lowest BCUT2D eigenvalue weighted by Crippen LogP contribution is -2.31. The second kappa shape index (κ2) is 7.93. The Balaban J connectivity index is 1.85. The van der Waals surface area contributed by atoms with Gasteiger partial charge in [0.25, 0.3) is 5.91 Å². The summed E-state index contributed by atoms with van der Waals surface area (Å²) in [5.41, 5.74) is 6.07. The Labute approximate surface area is 179 Å². The molecule has 0 unspecified atom stereocenters. The number of carbonyl (C=O) groups is 1. The van der Waals surface area contributed by atoms with Gasteiger partial charge in [0.1, 0.15) is 11.4 Å². The van der Waals surface area contributed by atoms with Gasteiger partial charge in [-0.25, -0.2) is 9.61 Å². The molecule has 0 atom stereocenters. The van der Waals surface area contributed by atoms with Crippen molar-refractivity contribution in [2.45, 2.75) is 47.7 Å². The van der Waals surface area contributed by atoms with Crippen molar-refractivity contribution in [2.75, 3.05) is 6.54 Å². The summed E-state index contributed by atoms with van der Waals surface area (Å²) in [5, 5.41) is 17.4. The molecule has 10 nitrogen and oxygen atoms in total. The maximum atomic E-state index is 13.6. The van der Waals surface area contributed by atoms with E-state index in [2.05, 4.69) is 27.4 Å². The van der Waals surface area contributed by atoms with Crippen molar-refractivity contribution < 1.29 is 9.42 Å². The molecule has 4 heterocycles. The zero-order chi connectivity index (χ0) is 22.3. The standard InChI is InChI=1S/C21H26N8O2/c1-7-28(11-18-12(3)25-31-26-18)21(30)15-9-17(23-20-16(15)10-22-27(20)6)19-13(4)24-29(8-2)14(19)5/h9-10H,7-8,11H2,1-6H3. The van der Waals surface area contributed by atoms with E-state index in [9.17, 15) is 4.79 Å². The molecular weight excluding hydrogens is 396 g/mol. The van der Waals surface area contributed by atoms with E-state index in [1.165, 1.54) is 0 Å². The second-order valence-corrected chi connectivity index (χ2v) is 7.54. The molecule has 4 aromatic heterocycles. The van der Waals surface area contributed by atoms with Gasteiger partial charge in [-0.1, -0.05) is 10.3 Å². The minimum atomic E-state index is -0.121. The van der Waals surface area contributed by atoms with Crippen LogP contribution >= 0.6 is 0 Å². The van der Waals surface area contributed by atoms with E-state index in [1.54, 1.807) is 15.8 Å². The zero-order valence-corrected chi connectivity index (χ0v) is 18.7. The van der Waals surface area contributed by atoms with Gasteiger partial charge in [0, 0.05) is 31.4 Å². The predicted molar refractivity (Wildman–Crippen MR) is 114 cm³/mol. The predicted octanol–water partition coefficient (Wildman–Crippen LogP) is 2.82. The quantitative estimate of drug-likeness (QED) is 0.470. The molecule has 4 aromatic rings. The highest BCUT2D eigenvalue weighted by atomic mass is 16.6. The fraction of sp³-hybridized carbons (Fsp3) is 0.429. The molecule has 4 rings (SSSR count). The van der Waals surface area contributed by atoms with Gasteiger partial charge in [-0.3, -0.25) is 14.2 Å². The largest absolute Gasteiger partial charge is 0.333 e. The number of aromatic nitrogens is 7. The summed E-state index contributed by atoms with van der Waals surface area (Å²) >= 11 is 0. The van der Waals surface area contributed by atoms with Gasteiger partial charge >= 0.3 is 0 Å². The number of hydrogen-bond donors (Lipinski definition) is 0. The van der Waals surface area contributed by atoms with Gasteiger partial charge in [-0.2, -0.15) is 10.2 Å². The molecular formula is C21H26N8O2. The summed E-state index contributed by atoms with van der Waals surface area (Å²) in [6.07, 6.45) is 1.69. The number of pyridine rings is 1. The Morgan fingerprint density at radius 2 is 1.94 bits per heavy atom. The normalized spacial score (nSPS) is 11.4. The van der Waals surface area contributed by atoms with Crippen LogP contribution in [0.15, 0.2) is 16.9 Å². The average Bonchev–Trinajstić information content (AvgIpc) is 3.42. The minimum Gasteiger partial charge on any atom is -0.333 e. The first-order valence-corrected chi connectivity index (χ1v) is 10.3. The minimum absolute atomic E-state index is 0.121. The van der Waals surface area contributed by atoms with Crippen molar-refractivity contribution in [3.8, 4) is 11.3 Å². The van der Waals surface area contributed by atoms with Crippen LogP contribution in [0.4, 0.5) is 0 Å². The summed E-state index contributed by atoms with van der Waals surface area (Å²) in [6.45, 7) is 11.4. The Kier molecular flexibility index (Phi) is 5.30. The van der Waals surface area contributed by atoms with Crippen LogP contribution in [0.3, 0.4) is 0 Å². The number of amides is 1. The van der Waals surface area contributed by atoms with Crippen LogP contribution in [-0.4, -0.2) is 52.2 Å². The first-order chi connectivity index (χ1) is 14.8. The molecule has 0 aromatic carbocycles. The Morgan fingerprint density at radius 1 is 1.16 bits per heavy atom. The molecule has 0 spiro atoms. The maximum Gasteiger partial charge on any atom is 0.255 e. The van der Waals surface area contributed by atoms with Crippen molar-refractivity contribution in [3.63, 3.8) is 0 Å². The van der Waals surface area contributed by atoms with Crippen LogP contribution in [0.1, 0.15) is 47.0 Å². The molecule has 0 bridgehead atoms. The van der Waals surface area contributed by atoms with Crippen molar-refractivity contribution in [1.82, 2.24) is 39.8 Å². The van der Waals surface area contributed by atoms with E-state index in [4.69, 9.17) is 9.61 Å². The first-order valence-electron chi connectivity index (χ1n) is 10.3. The van der Waals surface area contributed by atoms with E-state index in [0.717, 1.165) is 23.5 Å². The summed E-state index contributed by atoms with van der Waals surface area (Å²) < 4.78 is 8.43. The lowest BCUT2D eigenvalue weighted by atomic mass is 10.0. The molecule has 10 heteroatoms. The highest BCUT2D eigenvalue weighted by molar-refractivity contribution is 6.06. The van der Waals surface area contributed by atoms with Gasteiger partial charge in [0.15, 0.2) is 5.65 Å². The molecule has 31 heavy (non-hydrogen) atoms. The molecule has 0 saturated carbocycles. The number of rotatable bonds is 6. The van der Waals surface area contributed by atoms with Gasteiger partial charge in [0.2, 0.25) is 0 Å². The van der Waals surface area contributed by atoms with Crippen LogP contribution in [0.5, 0.6) is 0 Å². The Morgan fingerprint density at radius 3 is 2.55 bits per heavy atom. The second-order valence-electron chi connectivity index (χ2n) is 7.54.